The summed E-state index contributed by atoms with van der Waals surface area (Å²) in [6, 6.07) is 1.66. The molecule has 1 rings (SSSR count). The molecule has 0 atom stereocenters. The van der Waals surface area contributed by atoms with Crippen molar-refractivity contribution in [3.05, 3.63) is 26.0 Å². The average Bonchev–Trinajstić information content (AvgIpc) is 2.08. The summed E-state index contributed by atoms with van der Waals surface area (Å²) >= 11 is 5.17. The van der Waals surface area contributed by atoms with Crippen LogP contribution in [0.25, 0.3) is 0 Å². The lowest BCUT2D eigenvalue weighted by molar-refractivity contribution is 0.0952. The molecule has 1 heterocycles. The maximum atomic E-state index is 11.1. The van der Waals surface area contributed by atoms with Gasteiger partial charge < -0.3 is 0 Å². The molecule has 0 aromatic carbocycles. The maximum Gasteiger partial charge on any atom is 0.267 e. The van der Waals surface area contributed by atoms with Crippen LogP contribution in [0.4, 0.5) is 0 Å². The van der Waals surface area contributed by atoms with Crippen LogP contribution in [0, 0.1) is 3.70 Å². The molecule has 3 N–H and O–H groups in total. The number of nitrogens with one attached hydrogen (secondary N) is 1. The molecule has 6 heteroatoms. The van der Waals surface area contributed by atoms with Crippen LogP contribution in [0.15, 0.2) is 16.7 Å². The number of halogens is 2. The minimum atomic E-state index is -0.340. The van der Waals surface area contributed by atoms with Crippen molar-refractivity contribution in [3.63, 3.8) is 0 Å². The number of carbonyl (C=O) groups excluding carboxylic acids is 1. The number of hydrazine groups is 1. The predicted octanol–water partition coefficient (Wildman–Crippen LogP) is 1.05. The van der Waals surface area contributed by atoms with Gasteiger partial charge in [0.2, 0.25) is 0 Å². The topological polar surface area (TPSA) is 68.0 Å². The molecule has 1 aromatic heterocycles. The van der Waals surface area contributed by atoms with Gasteiger partial charge in [-0.25, -0.2) is 10.8 Å². The molecule has 0 radical (unpaired) electrons. The Balaban J connectivity index is 3.13. The number of carbonyl (C=O) groups is 1. The van der Waals surface area contributed by atoms with Gasteiger partial charge in [-0.05, 0) is 44.6 Å². The highest BCUT2D eigenvalue weighted by Gasteiger charge is 2.09. The summed E-state index contributed by atoms with van der Waals surface area (Å²) < 4.78 is 1.38. The number of nitrogen functional groups attached to an aromatic ring is 1. The van der Waals surface area contributed by atoms with Crippen LogP contribution >= 0.6 is 38.5 Å². The molecule has 0 unspecified atom stereocenters. The Hall–Kier alpha value is -0.210. The minimum absolute atomic E-state index is 0.340. The van der Waals surface area contributed by atoms with E-state index in [-0.39, 0.29) is 5.91 Å². The zero-order valence-corrected chi connectivity index (χ0v) is 9.59. The number of nitrogens with zero attached hydrogens (tertiary/aromatic N) is 1. The molecule has 0 aliphatic rings. The maximum absolute atomic E-state index is 11.1. The molecule has 1 aromatic rings. The third-order valence-electron chi connectivity index (χ3n) is 1.18. The smallest absolute Gasteiger partial charge is 0.267 e. The summed E-state index contributed by atoms with van der Waals surface area (Å²) in [5.74, 6) is 4.64. The Morgan fingerprint density at radius 3 is 3.00 bits per heavy atom. The van der Waals surface area contributed by atoms with Gasteiger partial charge in [0.1, 0.15) is 3.70 Å². The molecule has 0 spiro atoms. The van der Waals surface area contributed by atoms with Gasteiger partial charge in [-0.1, -0.05) is 0 Å². The number of aromatic nitrogens is 1. The zero-order valence-electron chi connectivity index (χ0n) is 5.84. The molecular weight excluding hydrogens is 337 g/mol. The van der Waals surface area contributed by atoms with E-state index in [0.29, 0.717) is 9.26 Å². The molecule has 1 amide bonds. The van der Waals surface area contributed by atoms with Gasteiger partial charge in [-0.15, -0.1) is 0 Å². The van der Waals surface area contributed by atoms with E-state index in [1.165, 1.54) is 0 Å². The number of amides is 1. The van der Waals surface area contributed by atoms with E-state index < -0.39 is 0 Å². The van der Waals surface area contributed by atoms with E-state index >= 15 is 0 Å². The molecule has 0 aliphatic heterocycles. The van der Waals surface area contributed by atoms with Crippen LogP contribution in [0.5, 0.6) is 0 Å². The second kappa shape index (κ2) is 4.15. The number of hydrogen-bond donors (Lipinski definition) is 2. The highest BCUT2D eigenvalue weighted by molar-refractivity contribution is 14.1. The van der Waals surface area contributed by atoms with E-state index in [4.69, 9.17) is 5.84 Å². The molecule has 0 fully saturated rings. The quantitative estimate of drug-likeness (QED) is 0.264. The van der Waals surface area contributed by atoms with Gasteiger partial charge in [0.15, 0.2) is 0 Å². The summed E-state index contributed by atoms with van der Waals surface area (Å²) in [6.07, 6.45) is 1.62. The van der Waals surface area contributed by atoms with Crippen LogP contribution in [0.3, 0.4) is 0 Å². The van der Waals surface area contributed by atoms with Crippen LogP contribution < -0.4 is 11.3 Å². The molecule has 0 aliphatic carbocycles. The van der Waals surface area contributed by atoms with Crippen molar-refractivity contribution < 1.29 is 4.79 Å². The molecular formula is C6H5BrIN3O. The highest BCUT2D eigenvalue weighted by Crippen LogP contribution is 2.15. The average molecular weight is 342 g/mol. The summed E-state index contributed by atoms with van der Waals surface area (Å²) in [4.78, 5) is 15.1. The van der Waals surface area contributed by atoms with Crippen molar-refractivity contribution >= 4 is 44.4 Å². The first-order chi connectivity index (χ1) is 5.65. The molecule has 12 heavy (non-hydrogen) atoms. The Labute approximate surface area is 91.2 Å². The van der Waals surface area contributed by atoms with E-state index in [1.54, 1.807) is 12.3 Å². The lowest BCUT2D eigenvalue weighted by atomic mass is 10.3. The van der Waals surface area contributed by atoms with Gasteiger partial charge in [0, 0.05) is 10.7 Å². The number of hydrogen-bond acceptors (Lipinski definition) is 3. The summed E-state index contributed by atoms with van der Waals surface area (Å²) in [5, 5.41) is 0. The Morgan fingerprint density at radius 1 is 1.75 bits per heavy atom. The molecule has 64 valence electrons. The minimum Gasteiger partial charge on any atom is -0.290 e. The fourth-order valence-corrected chi connectivity index (χ4v) is 1.53. The third kappa shape index (κ3) is 2.14. The van der Waals surface area contributed by atoms with E-state index in [1.807, 2.05) is 28.0 Å². The monoisotopic (exact) mass is 341 g/mol. The van der Waals surface area contributed by atoms with Gasteiger partial charge in [0.05, 0.1) is 5.56 Å². The largest absolute Gasteiger partial charge is 0.290 e. The van der Waals surface area contributed by atoms with E-state index in [9.17, 15) is 4.79 Å². The van der Waals surface area contributed by atoms with Gasteiger partial charge in [-0.2, -0.15) is 0 Å². The van der Waals surface area contributed by atoms with Crippen LogP contribution in [0.1, 0.15) is 10.4 Å². The van der Waals surface area contributed by atoms with E-state index in [2.05, 4.69) is 20.9 Å². The lowest BCUT2D eigenvalue weighted by Gasteiger charge is -2.01. The summed E-state index contributed by atoms with van der Waals surface area (Å²) in [6.45, 7) is 0. The Kier molecular flexibility index (Phi) is 3.41. The molecule has 4 nitrogen and oxygen atoms in total. The van der Waals surface area contributed by atoms with Crippen molar-refractivity contribution in [1.29, 1.82) is 0 Å². The van der Waals surface area contributed by atoms with Gasteiger partial charge in [-0.3, -0.25) is 10.2 Å². The van der Waals surface area contributed by atoms with Gasteiger partial charge in [0.25, 0.3) is 5.91 Å². The fourth-order valence-electron chi connectivity index (χ4n) is 0.660. The summed E-state index contributed by atoms with van der Waals surface area (Å²) in [5.41, 5.74) is 2.51. The normalized spacial score (nSPS) is 9.58. The van der Waals surface area contributed by atoms with Gasteiger partial charge >= 0.3 is 0 Å². The van der Waals surface area contributed by atoms with Crippen molar-refractivity contribution in [2.45, 2.75) is 0 Å². The Bertz CT molecular complexity index is 318. The van der Waals surface area contributed by atoms with Crippen LogP contribution in [-0.4, -0.2) is 10.9 Å². The molecule has 0 saturated heterocycles. The van der Waals surface area contributed by atoms with E-state index in [0.717, 1.165) is 4.47 Å². The summed E-state index contributed by atoms with van der Waals surface area (Å²) in [7, 11) is 0. The number of pyridine rings is 1. The number of nitrogens with two attached hydrogens (primary N) is 1. The first-order valence-electron chi connectivity index (χ1n) is 2.97. The third-order valence-corrected chi connectivity index (χ3v) is 2.47. The SMILES string of the molecule is NNC(=O)c1cc(Br)cnc1I. The standard InChI is InChI=1S/C6H5BrIN3O/c7-3-1-4(6(12)11-9)5(8)10-2-3/h1-2H,9H2,(H,11,12). The molecule has 0 saturated carbocycles. The van der Waals surface area contributed by atoms with Crippen molar-refractivity contribution in [2.75, 3.05) is 0 Å². The predicted molar refractivity (Wildman–Crippen MR) is 56.3 cm³/mol. The second-order valence-electron chi connectivity index (χ2n) is 1.97. The number of rotatable bonds is 1. The molecule has 0 bridgehead atoms. The van der Waals surface area contributed by atoms with Crippen molar-refractivity contribution in [1.82, 2.24) is 10.4 Å². The highest BCUT2D eigenvalue weighted by atomic mass is 127. The van der Waals surface area contributed by atoms with Crippen LogP contribution in [0.2, 0.25) is 0 Å². The fraction of sp³-hybridized carbons (Fsp3) is 0. The zero-order chi connectivity index (χ0) is 9.14. The first kappa shape index (κ1) is 9.87. The lowest BCUT2D eigenvalue weighted by Crippen LogP contribution is -2.30. The van der Waals surface area contributed by atoms with Crippen molar-refractivity contribution in [3.8, 4) is 0 Å². The second-order valence-corrected chi connectivity index (χ2v) is 3.90. The first-order valence-corrected chi connectivity index (χ1v) is 4.84. The Morgan fingerprint density at radius 2 is 2.42 bits per heavy atom. The van der Waals surface area contributed by atoms with Crippen LogP contribution in [-0.2, 0) is 0 Å². The van der Waals surface area contributed by atoms with Crippen molar-refractivity contribution in [2.24, 2.45) is 5.84 Å².